The van der Waals surface area contributed by atoms with Gasteiger partial charge in [-0.05, 0) is 38.1 Å². The fourth-order valence-corrected chi connectivity index (χ4v) is 3.09. The molecule has 2 rings (SSSR count). The summed E-state index contributed by atoms with van der Waals surface area (Å²) in [4.78, 5) is 12.1. The number of aryl methyl sites for hydroxylation is 1. The summed E-state index contributed by atoms with van der Waals surface area (Å²) in [6.45, 7) is 3.50. The molecule has 0 atom stereocenters. The monoisotopic (exact) mass is 322 g/mol. The van der Waals surface area contributed by atoms with Crippen LogP contribution in [0.3, 0.4) is 0 Å². The summed E-state index contributed by atoms with van der Waals surface area (Å²) < 4.78 is 28.0. The highest BCUT2D eigenvalue weighted by molar-refractivity contribution is 7.89. The van der Waals surface area contributed by atoms with Crippen LogP contribution in [0, 0.1) is 0 Å². The minimum atomic E-state index is -3.53. The van der Waals surface area contributed by atoms with Crippen LogP contribution in [0.15, 0.2) is 41.6 Å². The summed E-state index contributed by atoms with van der Waals surface area (Å²) in [5.74, 6) is -0.302. The molecule has 7 nitrogen and oxygen atoms in total. The van der Waals surface area contributed by atoms with Crippen molar-refractivity contribution in [3.63, 3.8) is 0 Å². The number of carbonyl (C=O) groups excluding carboxylic acids is 1. The van der Waals surface area contributed by atoms with Gasteiger partial charge in [0.2, 0.25) is 10.0 Å². The van der Waals surface area contributed by atoms with E-state index in [0.717, 1.165) is 0 Å². The number of nitrogens with one attached hydrogen (secondary N) is 2. The summed E-state index contributed by atoms with van der Waals surface area (Å²) in [5, 5.41) is 6.61. The molecule has 0 radical (unpaired) electrons. The molecule has 0 fully saturated rings. The molecule has 0 saturated heterocycles. The van der Waals surface area contributed by atoms with Gasteiger partial charge in [-0.2, -0.15) is 5.10 Å². The molecule has 0 aliphatic rings. The zero-order chi connectivity index (χ0) is 16.3. The average molecular weight is 322 g/mol. The van der Waals surface area contributed by atoms with Crippen molar-refractivity contribution in [2.75, 3.05) is 5.32 Å². The summed E-state index contributed by atoms with van der Waals surface area (Å²) >= 11 is 0. The first kappa shape index (κ1) is 16.2. The maximum absolute atomic E-state index is 12.0. The number of amides is 1. The fraction of sp³-hybridized carbons (Fsp3) is 0.286. The standard InChI is InChI=1S/C14H18N4O3S/c1-10(2)17-22(20,21)13-6-4-12(5-7-13)16-14(19)11-8-15-18(3)9-11/h4-10,17H,1-3H3,(H,16,19). The van der Waals surface area contributed by atoms with Crippen LogP contribution in [0.2, 0.25) is 0 Å². The van der Waals surface area contributed by atoms with Crippen LogP contribution >= 0.6 is 0 Å². The third kappa shape index (κ3) is 3.92. The van der Waals surface area contributed by atoms with Crippen molar-refractivity contribution in [1.82, 2.24) is 14.5 Å². The first-order valence-corrected chi connectivity index (χ1v) is 8.18. The van der Waals surface area contributed by atoms with Crippen molar-refractivity contribution < 1.29 is 13.2 Å². The predicted molar refractivity (Wildman–Crippen MR) is 83.1 cm³/mol. The highest BCUT2D eigenvalue weighted by atomic mass is 32.2. The van der Waals surface area contributed by atoms with Gasteiger partial charge in [0.15, 0.2) is 0 Å². The van der Waals surface area contributed by atoms with Crippen LogP contribution in [0.1, 0.15) is 24.2 Å². The average Bonchev–Trinajstić information content (AvgIpc) is 2.85. The van der Waals surface area contributed by atoms with Crippen LogP contribution in [-0.2, 0) is 17.1 Å². The topological polar surface area (TPSA) is 93.1 Å². The molecule has 1 aromatic carbocycles. The molecule has 0 spiro atoms. The maximum atomic E-state index is 12.0. The van der Waals surface area contributed by atoms with E-state index >= 15 is 0 Å². The molecule has 0 saturated carbocycles. The normalized spacial score (nSPS) is 11.6. The molecule has 2 aromatic rings. The molecule has 1 aromatic heterocycles. The number of anilines is 1. The van der Waals surface area contributed by atoms with E-state index in [4.69, 9.17) is 0 Å². The Balaban J connectivity index is 2.11. The van der Waals surface area contributed by atoms with E-state index in [-0.39, 0.29) is 16.8 Å². The fourth-order valence-electron chi connectivity index (χ4n) is 1.84. The highest BCUT2D eigenvalue weighted by Gasteiger charge is 2.15. The Kier molecular flexibility index (Phi) is 4.62. The number of hydrogen-bond acceptors (Lipinski definition) is 4. The smallest absolute Gasteiger partial charge is 0.258 e. The minimum absolute atomic E-state index is 0.153. The van der Waals surface area contributed by atoms with Gasteiger partial charge in [-0.25, -0.2) is 13.1 Å². The quantitative estimate of drug-likeness (QED) is 0.869. The molecule has 0 aliphatic heterocycles. The van der Waals surface area contributed by atoms with E-state index in [1.165, 1.54) is 23.0 Å². The molecule has 8 heteroatoms. The zero-order valence-corrected chi connectivity index (χ0v) is 13.4. The van der Waals surface area contributed by atoms with Crippen LogP contribution in [-0.4, -0.2) is 30.1 Å². The minimum Gasteiger partial charge on any atom is -0.322 e. The molecule has 0 unspecified atom stereocenters. The molecule has 118 valence electrons. The molecular weight excluding hydrogens is 304 g/mol. The molecule has 0 aliphatic carbocycles. The second-order valence-corrected chi connectivity index (χ2v) is 6.87. The lowest BCUT2D eigenvalue weighted by Gasteiger charge is -2.10. The van der Waals surface area contributed by atoms with Crippen molar-refractivity contribution in [3.8, 4) is 0 Å². The van der Waals surface area contributed by atoms with Gasteiger partial charge >= 0.3 is 0 Å². The van der Waals surface area contributed by atoms with Gasteiger partial charge in [0.05, 0.1) is 16.7 Å². The number of rotatable bonds is 5. The Labute approximate surface area is 129 Å². The molecular formula is C14H18N4O3S. The van der Waals surface area contributed by atoms with Crippen LogP contribution in [0.4, 0.5) is 5.69 Å². The third-order valence-electron chi connectivity index (χ3n) is 2.78. The third-order valence-corrected chi connectivity index (χ3v) is 4.45. The molecule has 0 bridgehead atoms. The van der Waals surface area contributed by atoms with Crippen LogP contribution in [0.25, 0.3) is 0 Å². The van der Waals surface area contributed by atoms with E-state index in [2.05, 4.69) is 15.1 Å². The predicted octanol–water partition coefficient (Wildman–Crippen LogP) is 1.36. The summed E-state index contributed by atoms with van der Waals surface area (Å²) in [7, 11) is -1.81. The number of aromatic nitrogens is 2. The van der Waals surface area contributed by atoms with Gasteiger partial charge in [-0.1, -0.05) is 0 Å². The van der Waals surface area contributed by atoms with E-state index in [0.29, 0.717) is 11.3 Å². The number of nitrogens with zero attached hydrogens (tertiary/aromatic N) is 2. The van der Waals surface area contributed by atoms with E-state index in [1.54, 1.807) is 39.2 Å². The summed E-state index contributed by atoms with van der Waals surface area (Å²) in [6.07, 6.45) is 3.06. The second-order valence-electron chi connectivity index (χ2n) is 5.16. The van der Waals surface area contributed by atoms with Gasteiger partial charge < -0.3 is 5.32 Å². The van der Waals surface area contributed by atoms with Gasteiger partial charge in [-0.15, -0.1) is 0 Å². The van der Waals surface area contributed by atoms with Crippen LogP contribution in [0.5, 0.6) is 0 Å². The number of hydrogen-bond donors (Lipinski definition) is 2. The maximum Gasteiger partial charge on any atom is 0.258 e. The first-order chi connectivity index (χ1) is 10.3. The van der Waals surface area contributed by atoms with Crippen molar-refractivity contribution in [2.24, 2.45) is 7.05 Å². The Morgan fingerprint density at radius 1 is 1.23 bits per heavy atom. The van der Waals surface area contributed by atoms with Gasteiger partial charge in [-0.3, -0.25) is 9.48 Å². The van der Waals surface area contributed by atoms with Crippen LogP contribution < -0.4 is 10.0 Å². The largest absolute Gasteiger partial charge is 0.322 e. The molecule has 1 amide bonds. The van der Waals surface area contributed by atoms with Crippen molar-refractivity contribution in [1.29, 1.82) is 0 Å². The molecule has 2 N–H and O–H groups in total. The Hall–Kier alpha value is -2.19. The Bertz CT molecular complexity index is 764. The Morgan fingerprint density at radius 3 is 2.36 bits per heavy atom. The number of sulfonamides is 1. The highest BCUT2D eigenvalue weighted by Crippen LogP contribution is 2.15. The zero-order valence-electron chi connectivity index (χ0n) is 12.6. The first-order valence-electron chi connectivity index (χ1n) is 6.70. The summed E-state index contributed by atoms with van der Waals surface area (Å²) in [6, 6.07) is 5.80. The summed E-state index contributed by atoms with van der Waals surface area (Å²) in [5.41, 5.74) is 0.943. The number of benzene rings is 1. The van der Waals surface area contributed by atoms with Crippen molar-refractivity contribution in [2.45, 2.75) is 24.8 Å². The SMILES string of the molecule is CC(C)NS(=O)(=O)c1ccc(NC(=O)c2cnn(C)c2)cc1. The lowest BCUT2D eigenvalue weighted by atomic mass is 10.3. The van der Waals surface area contributed by atoms with Crippen molar-refractivity contribution in [3.05, 3.63) is 42.2 Å². The van der Waals surface area contributed by atoms with Gasteiger partial charge in [0.25, 0.3) is 5.91 Å². The lowest BCUT2D eigenvalue weighted by molar-refractivity contribution is 0.102. The molecule has 22 heavy (non-hydrogen) atoms. The van der Waals surface area contributed by atoms with Gasteiger partial charge in [0.1, 0.15) is 0 Å². The van der Waals surface area contributed by atoms with Crippen molar-refractivity contribution >= 4 is 21.6 Å². The lowest BCUT2D eigenvalue weighted by Crippen LogP contribution is -2.30. The van der Waals surface area contributed by atoms with E-state index in [1.807, 2.05) is 0 Å². The Morgan fingerprint density at radius 2 is 1.86 bits per heavy atom. The van der Waals surface area contributed by atoms with E-state index < -0.39 is 10.0 Å². The van der Waals surface area contributed by atoms with E-state index in [9.17, 15) is 13.2 Å². The second kappa shape index (κ2) is 6.29. The van der Waals surface area contributed by atoms with Gasteiger partial charge in [0, 0.05) is 25.0 Å². The molecule has 1 heterocycles. The number of carbonyl (C=O) groups is 1.